The van der Waals surface area contributed by atoms with E-state index in [2.05, 4.69) is 11.9 Å². The predicted molar refractivity (Wildman–Crippen MR) is 44.0 cm³/mol. The number of rotatable bonds is 4. The fourth-order valence-corrected chi connectivity index (χ4v) is 1.28. The molecule has 3 nitrogen and oxygen atoms in total. The van der Waals surface area contributed by atoms with Crippen LogP contribution in [-0.4, -0.2) is 44.3 Å². The average molecular weight is 158 g/mol. The van der Waals surface area contributed by atoms with Gasteiger partial charge in [0.25, 0.3) is 0 Å². The van der Waals surface area contributed by atoms with Crippen LogP contribution in [0.2, 0.25) is 0 Å². The van der Waals surface area contributed by atoms with Crippen LogP contribution in [-0.2, 0) is 4.74 Å². The van der Waals surface area contributed by atoms with Gasteiger partial charge in [0.05, 0.1) is 19.8 Å². The summed E-state index contributed by atoms with van der Waals surface area (Å²) in [5, 5.41) is 1.99. The van der Waals surface area contributed by atoms with Crippen LogP contribution in [0, 0.1) is 7.05 Å². The van der Waals surface area contributed by atoms with Crippen molar-refractivity contribution in [1.29, 1.82) is 0 Å². The Morgan fingerprint density at radius 1 is 1.36 bits per heavy atom. The second-order valence-electron chi connectivity index (χ2n) is 2.88. The molecule has 11 heavy (non-hydrogen) atoms. The smallest absolute Gasteiger partial charge is 0.0594 e. The van der Waals surface area contributed by atoms with Crippen LogP contribution >= 0.6 is 0 Å². The van der Waals surface area contributed by atoms with E-state index in [1.54, 1.807) is 0 Å². The average Bonchev–Trinajstić information content (AvgIpc) is 2.07. The molecule has 0 aromatic rings. The zero-order valence-corrected chi connectivity index (χ0v) is 7.09. The van der Waals surface area contributed by atoms with E-state index in [0.717, 1.165) is 32.8 Å². The highest BCUT2D eigenvalue weighted by molar-refractivity contribution is 4.60. The summed E-state index contributed by atoms with van der Waals surface area (Å²) in [5.41, 5.74) is 0. The third-order valence-electron chi connectivity index (χ3n) is 1.99. The zero-order valence-electron chi connectivity index (χ0n) is 7.09. The van der Waals surface area contributed by atoms with Gasteiger partial charge >= 0.3 is 0 Å². The van der Waals surface area contributed by atoms with Crippen molar-refractivity contribution in [2.45, 2.75) is 6.42 Å². The van der Waals surface area contributed by atoms with Gasteiger partial charge in [0.1, 0.15) is 0 Å². The number of hydrogen-bond acceptors (Lipinski definition) is 2. The number of nitrogens with two attached hydrogens (primary N) is 1. The SMILES string of the molecule is [CH2-][NH2+]CCCN1CCOCC1. The molecule has 0 bridgehead atoms. The van der Waals surface area contributed by atoms with Crippen LogP contribution in [0.5, 0.6) is 0 Å². The van der Waals surface area contributed by atoms with Crippen molar-refractivity contribution in [2.75, 3.05) is 39.4 Å². The van der Waals surface area contributed by atoms with E-state index in [1.165, 1.54) is 13.0 Å². The molecule has 1 aliphatic rings. The molecule has 66 valence electrons. The van der Waals surface area contributed by atoms with E-state index >= 15 is 0 Å². The number of nitrogens with zero attached hydrogens (tertiary/aromatic N) is 1. The third kappa shape index (κ3) is 3.70. The van der Waals surface area contributed by atoms with Crippen molar-refractivity contribution >= 4 is 0 Å². The summed E-state index contributed by atoms with van der Waals surface area (Å²) in [6, 6.07) is 0. The maximum absolute atomic E-state index is 5.24. The zero-order chi connectivity index (χ0) is 7.94. The summed E-state index contributed by atoms with van der Waals surface area (Å²) < 4.78 is 5.24. The Morgan fingerprint density at radius 3 is 2.73 bits per heavy atom. The van der Waals surface area contributed by atoms with Gasteiger partial charge < -0.3 is 10.1 Å². The predicted octanol–water partition coefficient (Wildman–Crippen LogP) is -0.936. The van der Waals surface area contributed by atoms with Crippen LogP contribution in [0.25, 0.3) is 0 Å². The molecule has 0 radical (unpaired) electrons. The highest BCUT2D eigenvalue weighted by Gasteiger charge is 2.08. The van der Waals surface area contributed by atoms with E-state index in [-0.39, 0.29) is 0 Å². The molecule has 0 aromatic heterocycles. The van der Waals surface area contributed by atoms with Crippen molar-refractivity contribution in [2.24, 2.45) is 0 Å². The lowest BCUT2D eigenvalue weighted by Gasteiger charge is -2.26. The lowest BCUT2D eigenvalue weighted by Crippen LogP contribution is -2.77. The summed E-state index contributed by atoms with van der Waals surface area (Å²) in [6.45, 7) is 6.38. The van der Waals surface area contributed by atoms with Gasteiger partial charge in [-0.25, -0.2) is 0 Å². The first-order valence-corrected chi connectivity index (χ1v) is 4.34. The Kier molecular flexibility index (Phi) is 4.50. The van der Waals surface area contributed by atoms with Crippen LogP contribution in [0.1, 0.15) is 6.42 Å². The molecule has 0 spiro atoms. The fraction of sp³-hybridized carbons (Fsp3) is 0.875. The van der Waals surface area contributed by atoms with Crippen LogP contribution in [0.4, 0.5) is 0 Å². The van der Waals surface area contributed by atoms with Gasteiger partial charge in [0, 0.05) is 26.1 Å². The van der Waals surface area contributed by atoms with Gasteiger partial charge in [0.2, 0.25) is 0 Å². The summed E-state index contributed by atoms with van der Waals surface area (Å²) in [5.74, 6) is 0. The molecule has 0 amide bonds. The Balaban J connectivity index is 1.96. The van der Waals surface area contributed by atoms with Gasteiger partial charge in [-0.05, 0) is 0 Å². The Morgan fingerprint density at radius 2 is 2.09 bits per heavy atom. The van der Waals surface area contributed by atoms with Crippen LogP contribution in [0.3, 0.4) is 0 Å². The normalized spacial score (nSPS) is 20.5. The van der Waals surface area contributed by atoms with Crippen molar-refractivity contribution in [3.63, 3.8) is 0 Å². The highest BCUT2D eigenvalue weighted by Crippen LogP contribution is 1.96. The monoisotopic (exact) mass is 158 g/mol. The topological polar surface area (TPSA) is 29.1 Å². The van der Waals surface area contributed by atoms with E-state index in [0.29, 0.717) is 0 Å². The van der Waals surface area contributed by atoms with Gasteiger partial charge in [-0.1, -0.05) is 0 Å². The molecular weight excluding hydrogens is 140 g/mol. The molecule has 2 N–H and O–H groups in total. The molecule has 0 unspecified atom stereocenters. The number of morpholine rings is 1. The first-order chi connectivity index (χ1) is 5.43. The van der Waals surface area contributed by atoms with Gasteiger partial charge in [-0.2, -0.15) is 7.05 Å². The molecule has 1 fully saturated rings. The standard InChI is InChI=1S/C8H18N2O/c1-9-3-2-4-10-5-7-11-8-6-10/h1-9H2. The molecule has 3 heteroatoms. The molecule has 1 heterocycles. The van der Waals surface area contributed by atoms with E-state index < -0.39 is 0 Å². The largest absolute Gasteiger partial charge is 0.479 e. The second-order valence-corrected chi connectivity index (χ2v) is 2.88. The molecule has 0 aromatic carbocycles. The third-order valence-corrected chi connectivity index (χ3v) is 1.99. The molecule has 0 atom stereocenters. The summed E-state index contributed by atoms with van der Waals surface area (Å²) in [7, 11) is 3.70. The number of quaternary nitrogens is 1. The van der Waals surface area contributed by atoms with Gasteiger partial charge in [-0.3, -0.25) is 4.90 Å². The van der Waals surface area contributed by atoms with Gasteiger partial charge in [-0.15, -0.1) is 0 Å². The number of hydrogen-bond donors (Lipinski definition) is 1. The molecule has 1 rings (SSSR count). The van der Waals surface area contributed by atoms with Crippen LogP contribution in [0.15, 0.2) is 0 Å². The minimum absolute atomic E-state index is 0.911. The second kappa shape index (κ2) is 5.52. The summed E-state index contributed by atoms with van der Waals surface area (Å²) in [4.78, 5) is 2.45. The first kappa shape index (κ1) is 8.97. The molecular formula is C8H18N2O. The number of ether oxygens (including phenoxy) is 1. The van der Waals surface area contributed by atoms with Gasteiger partial charge in [0.15, 0.2) is 0 Å². The van der Waals surface area contributed by atoms with E-state index in [9.17, 15) is 0 Å². The Labute approximate surface area is 68.7 Å². The van der Waals surface area contributed by atoms with Crippen molar-refractivity contribution in [1.82, 2.24) is 4.90 Å². The van der Waals surface area contributed by atoms with Crippen molar-refractivity contribution in [3.8, 4) is 0 Å². The quantitative estimate of drug-likeness (QED) is 0.423. The Bertz CT molecular complexity index is 92.1. The van der Waals surface area contributed by atoms with Crippen molar-refractivity contribution in [3.05, 3.63) is 7.05 Å². The lowest BCUT2D eigenvalue weighted by atomic mass is 10.3. The van der Waals surface area contributed by atoms with Crippen LogP contribution < -0.4 is 5.32 Å². The van der Waals surface area contributed by atoms with E-state index in [4.69, 9.17) is 4.74 Å². The molecule has 1 saturated heterocycles. The Hall–Kier alpha value is -0.120. The first-order valence-electron chi connectivity index (χ1n) is 4.34. The minimum atomic E-state index is 0.911. The fourth-order valence-electron chi connectivity index (χ4n) is 1.28. The maximum Gasteiger partial charge on any atom is 0.0594 e. The van der Waals surface area contributed by atoms with Crippen molar-refractivity contribution < 1.29 is 10.1 Å². The minimum Gasteiger partial charge on any atom is -0.479 e. The molecule has 1 aliphatic heterocycles. The lowest BCUT2D eigenvalue weighted by molar-refractivity contribution is -0.595. The molecule has 0 saturated carbocycles. The van der Waals surface area contributed by atoms with E-state index in [1.807, 2.05) is 5.32 Å². The maximum atomic E-state index is 5.24. The highest BCUT2D eigenvalue weighted by atomic mass is 16.5. The summed E-state index contributed by atoms with van der Waals surface area (Å²) in [6.07, 6.45) is 1.24. The summed E-state index contributed by atoms with van der Waals surface area (Å²) >= 11 is 0. The molecule has 0 aliphatic carbocycles.